The smallest absolute Gasteiger partial charge is 0.231 e. The molecule has 0 bridgehead atoms. The summed E-state index contributed by atoms with van der Waals surface area (Å²) < 4.78 is 5.26. The molecule has 0 saturated heterocycles. The number of fused-ring (bicyclic) bond motifs is 1. The van der Waals surface area contributed by atoms with Gasteiger partial charge in [-0.1, -0.05) is 43.3 Å². The lowest BCUT2D eigenvalue weighted by molar-refractivity contribution is -0.117. The van der Waals surface area contributed by atoms with Gasteiger partial charge in [0, 0.05) is 5.69 Å². The van der Waals surface area contributed by atoms with Crippen molar-refractivity contribution in [2.45, 2.75) is 26.2 Å². The molecule has 0 saturated carbocycles. The van der Waals surface area contributed by atoms with Crippen LogP contribution in [0, 0.1) is 0 Å². The number of rotatable bonds is 5. The Bertz CT molecular complexity index is 884. The Labute approximate surface area is 148 Å². The van der Waals surface area contributed by atoms with Gasteiger partial charge in [0.25, 0.3) is 0 Å². The van der Waals surface area contributed by atoms with Gasteiger partial charge in [-0.25, -0.2) is 0 Å². The Morgan fingerprint density at radius 1 is 1.00 bits per heavy atom. The predicted octanol–water partition coefficient (Wildman–Crippen LogP) is 5.15. The quantitative estimate of drug-likeness (QED) is 0.701. The molecule has 0 aliphatic rings. The van der Waals surface area contributed by atoms with Crippen molar-refractivity contribution in [3.63, 3.8) is 0 Å². The van der Waals surface area contributed by atoms with Gasteiger partial charge in [-0.3, -0.25) is 4.79 Å². The van der Waals surface area contributed by atoms with E-state index in [-0.39, 0.29) is 11.8 Å². The van der Waals surface area contributed by atoms with Crippen LogP contribution >= 0.6 is 0 Å². The van der Waals surface area contributed by atoms with Crippen LogP contribution in [0.2, 0.25) is 0 Å². The second-order valence-electron chi connectivity index (χ2n) is 6.23. The van der Waals surface area contributed by atoms with E-state index in [2.05, 4.69) is 18.3 Å². The molecule has 25 heavy (non-hydrogen) atoms. The van der Waals surface area contributed by atoms with Crippen LogP contribution in [0.4, 0.5) is 5.69 Å². The molecule has 128 valence electrons. The normalized spacial score (nSPS) is 12.0. The zero-order chi connectivity index (χ0) is 17.8. The third-order valence-electron chi connectivity index (χ3n) is 4.59. The Kier molecular flexibility index (Phi) is 5.03. The molecule has 3 nitrogen and oxygen atoms in total. The number of benzene rings is 3. The SMILES string of the molecule is CCc1ccc(NC(=O)[C@H](C)c2ccc3cc(OC)ccc3c2)cc1. The summed E-state index contributed by atoms with van der Waals surface area (Å²) >= 11 is 0. The number of amides is 1. The van der Waals surface area contributed by atoms with Crippen molar-refractivity contribution in [3.05, 3.63) is 71.8 Å². The highest BCUT2D eigenvalue weighted by atomic mass is 16.5. The minimum absolute atomic E-state index is 0.00268. The second kappa shape index (κ2) is 7.39. The Balaban J connectivity index is 1.77. The predicted molar refractivity (Wildman–Crippen MR) is 103 cm³/mol. The maximum Gasteiger partial charge on any atom is 0.231 e. The van der Waals surface area contributed by atoms with Crippen molar-refractivity contribution >= 4 is 22.4 Å². The van der Waals surface area contributed by atoms with E-state index >= 15 is 0 Å². The van der Waals surface area contributed by atoms with Crippen molar-refractivity contribution < 1.29 is 9.53 Å². The maximum atomic E-state index is 12.6. The van der Waals surface area contributed by atoms with Crippen molar-refractivity contribution in [1.29, 1.82) is 0 Å². The van der Waals surface area contributed by atoms with Gasteiger partial charge >= 0.3 is 0 Å². The molecule has 0 heterocycles. The summed E-state index contributed by atoms with van der Waals surface area (Å²) in [7, 11) is 1.66. The minimum atomic E-state index is -0.225. The lowest BCUT2D eigenvalue weighted by Gasteiger charge is -2.14. The fourth-order valence-corrected chi connectivity index (χ4v) is 2.86. The standard InChI is InChI=1S/C22H23NO2/c1-4-16-5-10-20(11-6-16)23-22(24)15(2)17-7-8-19-14-21(25-3)12-9-18(19)13-17/h5-15H,4H2,1-3H3,(H,23,24)/t15-/m1/s1. The molecule has 3 rings (SSSR count). The highest BCUT2D eigenvalue weighted by Gasteiger charge is 2.16. The van der Waals surface area contributed by atoms with Crippen LogP contribution in [0.25, 0.3) is 10.8 Å². The van der Waals surface area contributed by atoms with E-state index in [1.807, 2.05) is 61.5 Å². The first-order valence-corrected chi connectivity index (χ1v) is 8.58. The number of hydrogen-bond acceptors (Lipinski definition) is 2. The summed E-state index contributed by atoms with van der Waals surface area (Å²) in [6, 6.07) is 20.1. The van der Waals surface area contributed by atoms with Crippen molar-refractivity contribution in [3.8, 4) is 5.75 Å². The number of anilines is 1. The summed E-state index contributed by atoms with van der Waals surface area (Å²) in [4.78, 5) is 12.6. The Morgan fingerprint density at radius 2 is 1.68 bits per heavy atom. The van der Waals surface area contributed by atoms with Gasteiger partial charge in [0.2, 0.25) is 5.91 Å². The van der Waals surface area contributed by atoms with Crippen molar-refractivity contribution in [1.82, 2.24) is 0 Å². The first-order chi connectivity index (χ1) is 12.1. The summed E-state index contributed by atoms with van der Waals surface area (Å²) in [5, 5.41) is 5.20. The molecule has 1 amide bonds. The maximum absolute atomic E-state index is 12.6. The van der Waals surface area contributed by atoms with Crippen LogP contribution in [-0.2, 0) is 11.2 Å². The van der Waals surface area contributed by atoms with Crippen LogP contribution in [0.1, 0.15) is 30.9 Å². The van der Waals surface area contributed by atoms with E-state index in [0.717, 1.165) is 34.2 Å². The fraction of sp³-hybridized carbons (Fsp3) is 0.227. The molecule has 0 radical (unpaired) electrons. The lowest BCUT2D eigenvalue weighted by atomic mass is 9.97. The third-order valence-corrected chi connectivity index (χ3v) is 4.59. The molecule has 0 unspecified atom stereocenters. The van der Waals surface area contributed by atoms with E-state index in [0.29, 0.717) is 0 Å². The average Bonchev–Trinajstić information content (AvgIpc) is 2.67. The molecular formula is C22H23NO2. The fourth-order valence-electron chi connectivity index (χ4n) is 2.86. The van der Waals surface area contributed by atoms with Crippen LogP contribution in [0.15, 0.2) is 60.7 Å². The highest BCUT2D eigenvalue weighted by molar-refractivity contribution is 5.96. The van der Waals surface area contributed by atoms with E-state index in [1.54, 1.807) is 7.11 Å². The number of hydrogen-bond donors (Lipinski definition) is 1. The van der Waals surface area contributed by atoms with Gasteiger partial charge in [-0.05, 0) is 59.5 Å². The third kappa shape index (κ3) is 3.82. The number of methoxy groups -OCH3 is 1. The number of ether oxygens (including phenoxy) is 1. The largest absolute Gasteiger partial charge is 0.497 e. The van der Waals surface area contributed by atoms with Crippen LogP contribution < -0.4 is 10.1 Å². The summed E-state index contributed by atoms with van der Waals surface area (Å²) in [6.07, 6.45) is 0.993. The number of carbonyl (C=O) groups is 1. The summed E-state index contributed by atoms with van der Waals surface area (Å²) in [6.45, 7) is 4.05. The van der Waals surface area contributed by atoms with E-state index in [9.17, 15) is 4.79 Å². The monoisotopic (exact) mass is 333 g/mol. The molecule has 3 aromatic rings. The Hall–Kier alpha value is -2.81. The van der Waals surface area contributed by atoms with E-state index < -0.39 is 0 Å². The zero-order valence-electron chi connectivity index (χ0n) is 14.9. The highest BCUT2D eigenvalue weighted by Crippen LogP contribution is 2.26. The molecule has 1 atom stereocenters. The summed E-state index contributed by atoms with van der Waals surface area (Å²) in [5.41, 5.74) is 3.09. The zero-order valence-corrected chi connectivity index (χ0v) is 14.9. The van der Waals surface area contributed by atoms with E-state index in [1.165, 1.54) is 5.56 Å². The molecule has 0 aliphatic carbocycles. The van der Waals surface area contributed by atoms with Gasteiger partial charge in [0.1, 0.15) is 5.75 Å². The molecule has 0 fully saturated rings. The minimum Gasteiger partial charge on any atom is -0.497 e. The van der Waals surface area contributed by atoms with Gasteiger partial charge in [-0.2, -0.15) is 0 Å². The van der Waals surface area contributed by atoms with Crippen molar-refractivity contribution in [2.24, 2.45) is 0 Å². The topological polar surface area (TPSA) is 38.3 Å². The Morgan fingerprint density at radius 3 is 2.36 bits per heavy atom. The molecule has 3 heteroatoms. The van der Waals surface area contributed by atoms with Crippen molar-refractivity contribution in [2.75, 3.05) is 12.4 Å². The molecule has 3 aromatic carbocycles. The molecule has 1 N–H and O–H groups in total. The molecular weight excluding hydrogens is 310 g/mol. The van der Waals surface area contributed by atoms with Gasteiger partial charge in [0.05, 0.1) is 13.0 Å². The lowest BCUT2D eigenvalue weighted by Crippen LogP contribution is -2.18. The van der Waals surface area contributed by atoms with Crippen LogP contribution in [-0.4, -0.2) is 13.0 Å². The number of aryl methyl sites for hydroxylation is 1. The average molecular weight is 333 g/mol. The second-order valence-corrected chi connectivity index (χ2v) is 6.23. The molecule has 0 aliphatic heterocycles. The first kappa shape index (κ1) is 17.0. The number of nitrogens with one attached hydrogen (secondary N) is 1. The van der Waals surface area contributed by atoms with Crippen LogP contribution in [0.3, 0.4) is 0 Å². The van der Waals surface area contributed by atoms with Gasteiger partial charge in [-0.15, -0.1) is 0 Å². The molecule has 0 spiro atoms. The number of carbonyl (C=O) groups excluding carboxylic acids is 1. The van der Waals surface area contributed by atoms with Gasteiger partial charge < -0.3 is 10.1 Å². The van der Waals surface area contributed by atoms with Gasteiger partial charge in [0.15, 0.2) is 0 Å². The summed E-state index contributed by atoms with van der Waals surface area (Å²) in [5.74, 6) is 0.607. The first-order valence-electron chi connectivity index (χ1n) is 8.58. The van der Waals surface area contributed by atoms with Crippen LogP contribution in [0.5, 0.6) is 5.75 Å². The van der Waals surface area contributed by atoms with E-state index in [4.69, 9.17) is 4.74 Å². The molecule has 0 aromatic heterocycles.